The molecule has 0 spiro atoms. The highest BCUT2D eigenvalue weighted by Gasteiger charge is 2.23. The van der Waals surface area contributed by atoms with Crippen LogP contribution in [0.3, 0.4) is 0 Å². The Morgan fingerprint density at radius 2 is 2.00 bits per heavy atom. The normalized spacial score (nSPS) is 17.3. The van der Waals surface area contributed by atoms with Crippen molar-refractivity contribution in [2.75, 3.05) is 7.11 Å². The standard InChI is InChI=1S/C17H13ClN2O3S/c1-23-14-7-2-10(8-13(14)21)9-15-16(22)20-17(24-15)19-12-5-3-11(18)4-6-12/h2-9,21H,1H3,(H,19,20,22)/b15-9-. The number of nitrogens with zero attached hydrogens (tertiary/aromatic N) is 1. The zero-order valence-electron chi connectivity index (χ0n) is 12.6. The number of hydrogen-bond acceptors (Lipinski definition) is 5. The van der Waals surface area contributed by atoms with Crippen LogP contribution in [0.25, 0.3) is 6.08 Å². The highest BCUT2D eigenvalue weighted by atomic mass is 35.5. The van der Waals surface area contributed by atoms with Gasteiger partial charge in [0.1, 0.15) is 0 Å². The van der Waals surface area contributed by atoms with Crippen molar-refractivity contribution in [2.24, 2.45) is 4.99 Å². The second-order valence-corrected chi connectivity index (χ2v) is 6.36. The molecule has 0 bridgehead atoms. The van der Waals surface area contributed by atoms with Crippen LogP contribution < -0.4 is 10.1 Å². The summed E-state index contributed by atoms with van der Waals surface area (Å²) in [5.41, 5.74) is 1.39. The molecular formula is C17H13ClN2O3S. The van der Waals surface area contributed by atoms with Gasteiger partial charge in [-0.05, 0) is 59.8 Å². The van der Waals surface area contributed by atoms with Gasteiger partial charge in [0.25, 0.3) is 5.91 Å². The molecule has 1 aliphatic heterocycles. The zero-order chi connectivity index (χ0) is 17.1. The van der Waals surface area contributed by atoms with E-state index >= 15 is 0 Å². The molecule has 1 saturated heterocycles. The van der Waals surface area contributed by atoms with Crippen molar-refractivity contribution < 1.29 is 14.6 Å². The summed E-state index contributed by atoms with van der Waals surface area (Å²) in [5.74, 6) is 0.166. The zero-order valence-corrected chi connectivity index (χ0v) is 14.2. The average molecular weight is 361 g/mol. The lowest BCUT2D eigenvalue weighted by Gasteiger charge is -2.03. The van der Waals surface area contributed by atoms with Crippen LogP contribution in [0.5, 0.6) is 11.5 Å². The van der Waals surface area contributed by atoms with Crippen LogP contribution in [-0.4, -0.2) is 23.3 Å². The third-order valence-corrected chi connectivity index (χ3v) is 4.37. The van der Waals surface area contributed by atoms with Gasteiger partial charge in [-0.25, -0.2) is 4.99 Å². The van der Waals surface area contributed by atoms with Crippen LogP contribution in [0.4, 0.5) is 5.69 Å². The number of thioether (sulfide) groups is 1. The Morgan fingerprint density at radius 3 is 2.67 bits per heavy atom. The lowest BCUT2D eigenvalue weighted by molar-refractivity contribution is -0.115. The third kappa shape index (κ3) is 3.72. The molecule has 7 heteroatoms. The maximum Gasteiger partial charge on any atom is 0.264 e. The van der Waals surface area contributed by atoms with Gasteiger partial charge in [0.2, 0.25) is 0 Å². The molecule has 122 valence electrons. The maximum atomic E-state index is 12.1. The molecule has 5 nitrogen and oxygen atoms in total. The van der Waals surface area contributed by atoms with E-state index < -0.39 is 0 Å². The summed E-state index contributed by atoms with van der Waals surface area (Å²) in [6, 6.07) is 11.9. The Bertz CT molecular complexity index is 847. The van der Waals surface area contributed by atoms with Gasteiger partial charge in [-0.2, -0.15) is 0 Å². The molecule has 24 heavy (non-hydrogen) atoms. The Labute approximate surface area is 148 Å². The number of carbonyl (C=O) groups excluding carboxylic acids is 1. The van der Waals surface area contributed by atoms with Crippen molar-refractivity contribution in [3.05, 3.63) is 58.0 Å². The van der Waals surface area contributed by atoms with Crippen molar-refractivity contribution in [2.45, 2.75) is 0 Å². The molecule has 1 amide bonds. The van der Waals surface area contributed by atoms with Gasteiger partial charge in [-0.3, -0.25) is 4.79 Å². The molecule has 0 unspecified atom stereocenters. The fraction of sp³-hybridized carbons (Fsp3) is 0.0588. The van der Waals surface area contributed by atoms with Crippen LogP contribution >= 0.6 is 23.4 Å². The van der Waals surface area contributed by atoms with Crippen molar-refractivity contribution in [3.8, 4) is 11.5 Å². The number of rotatable bonds is 3. The monoisotopic (exact) mass is 360 g/mol. The van der Waals surface area contributed by atoms with Crippen LogP contribution in [0.15, 0.2) is 52.4 Å². The lowest BCUT2D eigenvalue weighted by atomic mass is 10.2. The van der Waals surface area contributed by atoms with E-state index in [4.69, 9.17) is 16.3 Å². The van der Waals surface area contributed by atoms with Crippen molar-refractivity contribution >= 4 is 46.2 Å². The molecule has 2 aromatic rings. The van der Waals surface area contributed by atoms with E-state index in [9.17, 15) is 9.90 Å². The molecule has 0 aliphatic carbocycles. The number of methoxy groups -OCH3 is 1. The molecule has 2 aromatic carbocycles. The lowest BCUT2D eigenvalue weighted by Crippen LogP contribution is -2.19. The molecule has 3 rings (SSSR count). The van der Waals surface area contributed by atoms with Crippen molar-refractivity contribution in [1.82, 2.24) is 5.32 Å². The van der Waals surface area contributed by atoms with E-state index in [1.807, 2.05) is 0 Å². The van der Waals surface area contributed by atoms with Crippen LogP contribution in [0, 0.1) is 0 Å². The molecule has 1 heterocycles. The number of carbonyl (C=O) groups is 1. The first kappa shape index (κ1) is 16.4. The summed E-state index contributed by atoms with van der Waals surface area (Å²) in [5, 5.41) is 13.6. The number of nitrogens with one attached hydrogen (secondary N) is 1. The first-order valence-corrected chi connectivity index (χ1v) is 8.17. The number of hydrogen-bond donors (Lipinski definition) is 2. The highest BCUT2D eigenvalue weighted by molar-refractivity contribution is 8.18. The van der Waals surface area contributed by atoms with Crippen LogP contribution in [-0.2, 0) is 4.79 Å². The topological polar surface area (TPSA) is 70.9 Å². The molecular weight excluding hydrogens is 348 g/mol. The van der Waals surface area contributed by atoms with E-state index in [0.717, 1.165) is 0 Å². The summed E-state index contributed by atoms with van der Waals surface area (Å²) in [6.07, 6.45) is 1.68. The number of amides is 1. The number of phenolic OH excluding ortho intramolecular Hbond substituents is 1. The van der Waals surface area contributed by atoms with Gasteiger partial charge >= 0.3 is 0 Å². The first-order valence-electron chi connectivity index (χ1n) is 6.97. The molecule has 0 atom stereocenters. The summed E-state index contributed by atoms with van der Waals surface area (Å²) >= 11 is 7.07. The highest BCUT2D eigenvalue weighted by Crippen LogP contribution is 2.31. The predicted molar refractivity (Wildman–Crippen MR) is 96.9 cm³/mol. The second kappa shape index (κ2) is 6.98. The number of ether oxygens (including phenoxy) is 1. The minimum atomic E-state index is -0.233. The average Bonchev–Trinajstić information content (AvgIpc) is 2.89. The predicted octanol–water partition coefficient (Wildman–Crippen LogP) is 3.95. The van der Waals surface area contributed by atoms with Crippen LogP contribution in [0.2, 0.25) is 5.02 Å². The van der Waals surface area contributed by atoms with E-state index in [1.165, 1.54) is 24.9 Å². The first-order chi connectivity index (χ1) is 11.5. The maximum absolute atomic E-state index is 12.1. The molecule has 1 aliphatic rings. The van der Waals surface area contributed by atoms with Gasteiger partial charge in [-0.15, -0.1) is 0 Å². The van der Waals surface area contributed by atoms with E-state index in [-0.39, 0.29) is 11.7 Å². The van der Waals surface area contributed by atoms with Gasteiger partial charge in [0, 0.05) is 5.02 Å². The number of aliphatic imine (C=N–C) groups is 1. The van der Waals surface area contributed by atoms with Crippen LogP contribution in [0.1, 0.15) is 5.56 Å². The van der Waals surface area contributed by atoms with E-state index in [1.54, 1.807) is 42.5 Å². The Balaban J connectivity index is 1.81. The fourth-order valence-corrected chi connectivity index (χ4v) is 3.03. The minimum absolute atomic E-state index is 0.0188. The SMILES string of the molecule is COc1ccc(/C=C2\SC(=Nc3ccc(Cl)cc3)NC2=O)cc1O. The van der Waals surface area contributed by atoms with Gasteiger partial charge < -0.3 is 15.2 Å². The third-order valence-electron chi connectivity index (χ3n) is 3.21. The Kier molecular flexibility index (Phi) is 4.78. The van der Waals surface area contributed by atoms with Gasteiger partial charge in [0.05, 0.1) is 17.7 Å². The van der Waals surface area contributed by atoms with Gasteiger partial charge in [-0.1, -0.05) is 17.7 Å². The van der Waals surface area contributed by atoms with E-state index in [0.29, 0.717) is 32.1 Å². The fourth-order valence-electron chi connectivity index (χ4n) is 2.06. The smallest absolute Gasteiger partial charge is 0.264 e. The molecule has 2 N–H and O–H groups in total. The second-order valence-electron chi connectivity index (χ2n) is 4.89. The largest absolute Gasteiger partial charge is 0.504 e. The number of benzene rings is 2. The van der Waals surface area contributed by atoms with Crippen molar-refractivity contribution in [1.29, 1.82) is 0 Å². The van der Waals surface area contributed by atoms with Gasteiger partial charge in [0.15, 0.2) is 16.7 Å². The Morgan fingerprint density at radius 1 is 1.25 bits per heavy atom. The summed E-state index contributed by atoms with van der Waals surface area (Å²) in [7, 11) is 1.48. The number of phenols is 1. The number of amidine groups is 1. The Hall–Kier alpha value is -2.44. The minimum Gasteiger partial charge on any atom is -0.504 e. The molecule has 0 saturated carbocycles. The van der Waals surface area contributed by atoms with Crippen molar-refractivity contribution in [3.63, 3.8) is 0 Å². The summed E-state index contributed by atoms with van der Waals surface area (Å²) < 4.78 is 5.00. The molecule has 0 radical (unpaired) electrons. The summed E-state index contributed by atoms with van der Waals surface area (Å²) in [6.45, 7) is 0. The quantitative estimate of drug-likeness (QED) is 0.813. The molecule has 1 fully saturated rings. The molecule has 0 aromatic heterocycles. The number of aromatic hydroxyl groups is 1. The number of halogens is 1. The van der Waals surface area contributed by atoms with E-state index in [2.05, 4.69) is 10.3 Å². The summed E-state index contributed by atoms with van der Waals surface area (Å²) in [4.78, 5) is 16.9.